The number of rotatable bonds is 36. The van der Waals surface area contributed by atoms with Crippen LogP contribution < -0.4 is 5.32 Å². The van der Waals surface area contributed by atoms with Crippen molar-refractivity contribution in [3.05, 3.63) is 0 Å². The lowest BCUT2D eigenvalue weighted by Crippen LogP contribution is -2.31. The van der Waals surface area contributed by atoms with Crippen LogP contribution in [0.2, 0.25) is 0 Å². The van der Waals surface area contributed by atoms with Gasteiger partial charge in [0.15, 0.2) is 0 Å². The van der Waals surface area contributed by atoms with E-state index in [2.05, 4.69) is 17.0 Å². The first-order chi connectivity index (χ1) is 20.7. The Balaban J connectivity index is 3.08. The van der Waals surface area contributed by atoms with Gasteiger partial charge in [0, 0.05) is 13.2 Å². The molecule has 0 aromatic carbocycles. The SMILES string of the molecule is CCCCCCCCCCCCOCCOCCOCCOCCOCCOCCOCCNC(=O)COCC(=O)O. The van der Waals surface area contributed by atoms with Gasteiger partial charge in [0.25, 0.3) is 0 Å². The fraction of sp³-hybridized carbons (Fsp3) is 0.933. The fourth-order valence-corrected chi connectivity index (χ4v) is 3.66. The first-order valence-electron chi connectivity index (χ1n) is 15.8. The molecule has 0 aliphatic carbocycles. The number of carbonyl (C=O) groups excluding carboxylic acids is 1. The summed E-state index contributed by atoms with van der Waals surface area (Å²) in [5.74, 6) is -1.50. The van der Waals surface area contributed by atoms with Crippen molar-refractivity contribution >= 4 is 11.9 Å². The maximum atomic E-state index is 11.3. The van der Waals surface area contributed by atoms with Crippen molar-refractivity contribution in [1.82, 2.24) is 5.32 Å². The Kier molecular flexibility index (Phi) is 34.6. The van der Waals surface area contributed by atoms with E-state index in [1.807, 2.05) is 0 Å². The summed E-state index contributed by atoms with van der Waals surface area (Å²) in [6.45, 7) is 8.99. The number of carboxylic acid groups (broad SMARTS) is 1. The number of nitrogens with one attached hydrogen (secondary N) is 1. The summed E-state index contributed by atoms with van der Waals surface area (Å²) in [7, 11) is 0. The van der Waals surface area contributed by atoms with Gasteiger partial charge in [0.05, 0.1) is 85.9 Å². The smallest absolute Gasteiger partial charge is 0.329 e. The number of carboxylic acids is 1. The van der Waals surface area contributed by atoms with Gasteiger partial charge >= 0.3 is 5.97 Å². The van der Waals surface area contributed by atoms with Gasteiger partial charge in [0.1, 0.15) is 13.2 Å². The molecule has 0 aromatic rings. The summed E-state index contributed by atoms with van der Waals surface area (Å²) >= 11 is 0. The van der Waals surface area contributed by atoms with Crippen molar-refractivity contribution in [2.45, 2.75) is 71.1 Å². The number of carbonyl (C=O) groups is 2. The largest absolute Gasteiger partial charge is 0.480 e. The molecule has 0 saturated carbocycles. The van der Waals surface area contributed by atoms with Crippen LogP contribution in [-0.2, 0) is 47.5 Å². The Morgan fingerprint density at radius 1 is 0.452 bits per heavy atom. The van der Waals surface area contributed by atoms with Crippen LogP contribution in [0, 0.1) is 0 Å². The summed E-state index contributed by atoms with van der Waals surface area (Å²) in [4.78, 5) is 21.6. The van der Waals surface area contributed by atoms with E-state index in [1.165, 1.54) is 57.8 Å². The molecule has 1 amide bonds. The van der Waals surface area contributed by atoms with Gasteiger partial charge in [-0.05, 0) is 6.42 Å². The summed E-state index contributed by atoms with van der Waals surface area (Å²) in [5, 5.41) is 11.0. The molecule has 250 valence electrons. The second-order valence-electron chi connectivity index (χ2n) is 9.71. The van der Waals surface area contributed by atoms with Gasteiger partial charge in [-0.15, -0.1) is 0 Å². The number of ether oxygens (including phenoxy) is 8. The van der Waals surface area contributed by atoms with Crippen LogP contribution in [0.5, 0.6) is 0 Å². The van der Waals surface area contributed by atoms with E-state index in [0.717, 1.165) is 13.0 Å². The topological polar surface area (TPSA) is 140 Å². The van der Waals surface area contributed by atoms with E-state index in [-0.39, 0.29) is 12.5 Å². The maximum Gasteiger partial charge on any atom is 0.329 e. The highest BCUT2D eigenvalue weighted by molar-refractivity contribution is 5.77. The van der Waals surface area contributed by atoms with Gasteiger partial charge in [-0.1, -0.05) is 64.7 Å². The second kappa shape index (κ2) is 35.8. The van der Waals surface area contributed by atoms with Crippen LogP contribution in [-0.4, -0.2) is 129 Å². The first kappa shape index (κ1) is 40.6. The molecule has 0 rings (SSSR count). The number of hydrogen-bond acceptors (Lipinski definition) is 10. The zero-order valence-electron chi connectivity index (χ0n) is 26.1. The maximum absolute atomic E-state index is 11.3. The molecule has 0 spiro atoms. The van der Waals surface area contributed by atoms with Crippen LogP contribution in [0.25, 0.3) is 0 Å². The summed E-state index contributed by atoms with van der Waals surface area (Å²) in [5.41, 5.74) is 0. The van der Waals surface area contributed by atoms with Crippen molar-refractivity contribution < 1.29 is 52.6 Å². The molecule has 0 heterocycles. The van der Waals surface area contributed by atoms with Crippen molar-refractivity contribution in [3.8, 4) is 0 Å². The molecule has 0 unspecified atom stereocenters. The zero-order chi connectivity index (χ0) is 30.6. The monoisotopic (exact) mass is 609 g/mol. The normalized spacial score (nSPS) is 11.3. The summed E-state index contributed by atoms with van der Waals surface area (Å²) < 4.78 is 42.9. The standard InChI is InChI=1S/C30H59NO11/c1-2-3-4-5-6-7-8-9-10-11-13-35-15-17-37-19-21-39-23-25-41-26-24-40-22-20-38-18-16-36-14-12-31-29(32)27-42-28-30(33)34/h2-28H2,1H3,(H,31,32)(H,33,34). The van der Waals surface area contributed by atoms with Gasteiger partial charge < -0.3 is 48.3 Å². The van der Waals surface area contributed by atoms with Gasteiger partial charge in [-0.25, -0.2) is 4.79 Å². The first-order valence-corrected chi connectivity index (χ1v) is 15.8. The molecule has 0 fully saturated rings. The highest BCUT2D eigenvalue weighted by Crippen LogP contribution is 2.10. The summed E-state index contributed by atoms with van der Waals surface area (Å²) in [6.07, 6.45) is 13.3. The number of aliphatic carboxylic acids is 1. The number of amides is 1. The van der Waals surface area contributed by atoms with Crippen LogP contribution in [0.4, 0.5) is 0 Å². The van der Waals surface area contributed by atoms with E-state index >= 15 is 0 Å². The number of hydrogen-bond donors (Lipinski definition) is 2. The summed E-state index contributed by atoms with van der Waals surface area (Å²) in [6, 6.07) is 0. The van der Waals surface area contributed by atoms with Crippen molar-refractivity contribution in [3.63, 3.8) is 0 Å². The van der Waals surface area contributed by atoms with Crippen LogP contribution in [0.3, 0.4) is 0 Å². The fourth-order valence-electron chi connectivity index (χ4n) is 3.66. The average molecular weight is 610 g/mol. The van der Waals surface area contributed by atoms with E-state index in [4.69, 9.17) is 38.3 Å². The van der Waals surface area contributed by atoms with Gasteiger partial charge in [-0.2, -0.15) is 0 Å². The van der Waals surface area contributed by atoms with Crippen molar-refractivity contribution in [2.75, 3.05) is 112 Å². The Labute approximate surface area is 253 Å². The molecule has 0 atom stereocenters. The second-order valence-corrected chi connectivity index (χ2v) is 9.71. The molecule has 0 radical (unpaired) electrons. The molecule has 0 aliphatic rings. The zero-order valence-corrected chi connectivity index (χ0v) is 26.1. The van der Waals surface area contributed by atoms with Gasteiger partial charge in [-0.3, -0.25) is 4.79 Å². The highest BCUT2D eigenvalue weighted by Gasteiger charge is 2.03. The molecule has 2 N–H and O–H groups in total. The van der Waals surface area contributed by atoms with Crippen molar-refractivity contribution in [2.24, 2.45) is 0 Å². The molecule has 42 heavy (non-hydrogen) atoms. The number of unbranched alkanes of at least 4 members (excludes halogenated alkanes) is 9. The van der Waals surface area contributed by atoms with E-state index in [0.29, 0.717) is 92.4 Å². The van der Waals surface area contributed by atoms with Crippen molar-refractivity contribution in [1.29, 1.82) is 0 Å². The molecule has 0 bridgehead atoms. The minimum atomic E-state index is -1.12. The predicted octanol–water partition coefficient (Wildman–Crippen LogP) is 3.24. The van der Waals surface area contributed by atoms with E-state index < -0.39 is 12.6 Å². The minimum Gasteiger partial charge on any atom is -0.480 e. The molecule has 0 aromatic heterocycles. The molecular weight excluding hydrogens is 550 g/mol. The Morgan fingerprint density at radius 3 is 1.21 bits per heavy atom. The lowest BCUT2D eigenvalue weighted by atomic mass is 10.1. The van der Waals surface area contributed by atoms with Crippen LogP contribution in [0.15, 0.2) is 0 Å². The third kappa shape index (κ3) is 36.6. The Bertz CT molecular complexity index is 569. The highest BCUT2D eigenvalue weighted by atomic mass is 16.6. The Morgan fingerprint density at radius 2 is 0.810 bits per heavy atom. The molecule has 12 heteroatoms. The third-order valence-electron chi connectivity index (χ3n) is 5.90. The molecule has 0 saturated heterocycles. The van der Waals surface area contributed by atoms with Crippen LogP contribution >= 0.6 is 0 Å². The minimum absolute atomic E-state index is 0.292. The molecular formula is C30H59NO11. The Hall–Kier alpha value is -1.38. The predicted molar refractivity (Wildman–Crippen MR) is 159 cm³/mol. The lowest BCUT2D eigenvalue weighted by Gasteiger charge is -2.09. The van der Waals surface area contributed by atoms with Crippen LogP contribution in [0.1, 0.15) is 71.1 Å². The molecule has 0 aliphatic heterocycles. The average Bonchev–Trinajstić information content (AvgIpc) is 2.97. The quantitative estimate of drug-likeness (QED) is 0.101. The van der Waals surface area contributed by atoms with E-state index in [9.17, 15) is 9.59 Å². The van der Waals surface area contributed by atoms with Gasteiger partial charge in [0.2, 0.25) is 5.91 Å². The van der Waals surface area contributed by atoms with E-state index in [1.54, 1.807) is 0 Å². The third-order valence-corrected chi connectivity index (χ3v) is 5.90. The lowest BCUT2D eigenvalue weighted by molar-refractivity contribution is -0.143. The molecule has 12 nitrogen and oxygen atoms in total.